The summed E-state index contributed by atoms with van der Waals surface area (Å²) in [5.41, 5.74) is 8.12. The number of carbonyl (C=O) groups excluding carboxylic acids is 1. The molecule has 19 heavy (non-hydrogen) atoms. The second kappa shape index (κ2) is 3.98. The smallest absolute Gasteiger partial charge is 0.376 e. The van der Waals surface area contributed by atoms with E-state index in [9.17, 15) is 4.79 Å². The predicted molar refractivity (Wildman–Crippen MR) is 69.8 cm³/mol. The van der Waals surface area contributed by atoms with Gasteiger partial charge in [0.1, 0.15) is 0 Å². The monoisotopic (exact) mass is 259 g/mol. The van der Waals surface area contributed by atoms with E-state index in [1.54, 1.807) is 23.5 Å². The molecule has 2 heterocycles. The van der Waals surface area contributed by atoms with Gasteiger partial charge in [0.25, 0.3) is 0 Å². The largest absolute Gasteiger partial charge is 0.460 e. The lowest BCUT2D eigenvalue weighted by Gasteiger charge is -1.99. The van der Waals surface area contributed by atoms with Crippen LogP contribution in [0.15, 0.2) is 18.2 Å². The Morgan fingerprint density at radius 3 is 2.89 bits per heavy atom. The highest BCUT2D eigenvalue weighted by molar-refractivity contribution is 5.91. The average Bonchev–Trinajstić information content (AvgIpc) is 2.91. The number of fused-ring (bicyclic) bond motifs is 3. The van der Waals surface area contributed by atoms with Gasteiger partial charge < -0.3 is 15.0 Å². The molecule has 0 aliphatic rings. The standard InChI is InChI=1S/C12H13N5O2/c1-3-19-11(18)10-14-15-12-16(2)8-5-4-7(13)6-9(8)17(10)12/h4-6H,3,13H2,1-2H3. The summed E-state index contributed by atoms with van der Waals surface area (Å²) < 4.78 is 8.49. The number of nitrogens with zero attached hydrogens (tertiary/aromatic N) is 4. The molecule has 3 aromatic rings. The summed E-state index contributed by atoms with van der Waals surface area (Å²) in [5, 5.41) is 7.91. The van der Waals surface area contributed by atoms with E-state index in [2.05, 4.69) is 10.2 Å². The average molecular weight is 259 g/mol. The van der Waals surface area contributed by atoms with Crippen molar-refractivity contribution in [2.24, 2.45) is 7.05 Å². The molecular formula is C12H13N5O2. The molecule has 0 saturated carbocycles. The van der Waals surface area contributed by atoms with Gasteiger partial charge in [-0.1, -0.05) is 0 Å². The highest BCUT2D eigenvalue weighted by atomic mass is 16.5. The molecule has 0 amide bonds. The fraction of sp³-hybridized carbons (Fsp3) is 0.250. The molecule has 3 rings (SSSR count). The van der Waals surface area contributed by atoms with Gasteiger partial charge in [0.15, 0.2) is 0 Å². The number of esters is 1. The van der Waals surface area contributed by atoms with Crippen molar-refractivity contribution in [2.75, 3.05) is 12.3 Å². The van der Waals surface area contributed by atoms with Crippen molar-refractivity contribution >= 4 is 28.5 Å². The molecule has 7 heteroatoms. The third kappa shape index (κ3) is 1.55. The SMILES string of the molecule is CCOC(=O)c1nnc2n(C)c3ccc(N)cc3n12. The third-order valence-electron chi connectivity index (χ3n) is 3.01. The first-order valence-electron chi connectivity index (χ1n) is 5.89. The van der Waals surface area contributed by atoms with Crippen molar-refractivity contribution < 1.29 is 9.53 Å². The molecule has 2 aromatic heterocycles. The minimum Gasteiger partial charge on any atom is -0.460 e. The number of hydrogen-bond acceptors (Lipinski definition) is 5. The number of aromatic nitrogens is 4. The lowest BCUT2D eigenvalue weighted by molar-refractivity contribution is 0.0511. The highest BCUT2D eigenvalue weighted by Crippen LogP contribution is 2.22. The van der Waals surface area contributed by atoms with Crippen LogP contribution in [-0.4, -0.2) is 31.7 Å². The molecule has 0 atom stereocenters. The summed E-state index contributed by atoms with van der Waals surface area (Å²) in [7, 11) is 1.86. The van der Waals surface area contributed by atoms with Gasteiger partial charge in [0.05, 0.1) is 17.6 Å². The van der Waals surface area contributed by atoms with Crippen LogP contribution in [0.4, 0.5) is 5.69 Å². The minimum atomic E-state index is -0.495. The number of imidazole rings is 1. The maximum absolute atomic E-state index is 11.9. The van der Waals surface area contributed by atoms with Crippen LogP contribution >= 0.6 is 0 Å². The van der Waals surface area contributed by atoms with E-state index in [0.29, 0.717) is 18.1 Å². The van der Waals surface area contributed by atoms with Crippen molar-refractivity contribution in [1.82, 2.24) is 19.2 Å². The Hall–Kier alpha value is -2.57. The first-order chi connectivity index (χ1) is 9.13. The number of nitrogen functional groups attached to an aromatic ring is 1. The van der Waals surface area contributed by atoms with E-state index in [1.807, 2.05) is 17.7 Å². The van der Waals surface area contributed by atoms with Crippen LogP contribution in [0, 0.1) is 0 Å². The second-order valence-electron chi connectivity index (χ2n) is 4.19. The van der Waals surface area contributed by atoms with E-state index in [1.165, 1.54) is 0 Å². The molecule has 0 aliphatic heterocycles. The Kier molecular flexibility index (Phi) is 2.41. The lowest BCUT2D eigenvalue weighted by atomic mass is 10.3. The van der Waals surface area contributed by atoms with E-state index in [0.717, 1.165) is 11.0 Å². The lowest BCUT2D eigenvalue weighted by Crippen LogP contribution is -2.09. The van der Waals surface area contributed by atoms with Gasteiger partial charge in [-0.3, -0.25) is 4.40 Å². The maximum Gasteiger partial charge on any atom is 0.376 e. The van der Waals surface area contributed by atoms with Crippen LogP contribution in [0.2, 0.25) is 0 Å². The molecule has 0 spiro atoms. The van der Waals surface area contributed by atoms with Crippen molar-refractivity contribution in [2.45, 2.75) is 6.92 Å². The molecule has 7 nitrogen and oxygen atoms in total. The number of benzene rings is 1. The normalized spacial score (nSPS) is 11.3. The van der Waals surface area contributed by atoms with Crippen LogP contribution in [0.3, 0.4) is 0 Å². The van der Waals surface area contributed by atoms with Crippen LogP contribution < -0.4 is 5.73 Å². The van der Waals surface area contributed by atoms with Crippen molar-refractivity contribution in [3.63, 3.8) is 0 Å². The Morgan fingerprint density at radius 1 is 1.37 bits per heavy atom. The number of anilines is 1. The van der Waals surface area contributed by atoms with E-state index in [4.69, 9.17) is 10.5 Å². The fourth-order valence-corrected chi connectivity index (χ4v) is 2.15. The molecule has 1 aromatic carbocycles. The van der Waals surface area contributed by atoms with Crippen LogP contribution in [-0.2, 0) is 11.8 Å². The predicted octanol–water partition coefficient (Wildman–Crippen LogP) is 0.980. The fourth-order valence-electron chi connectivity index (χ4n) is 2.15. The van der Waals surface area contributed by atoms with Crippen molar-refractivity contribution in [1.29, 1.82) is 0 Å². The summed E-state index contributed by atoms with van der Waals surface area (Å²) in [6, 6.07) is 5.47. The van der Waals surface area contributed by atoms with Gasteiger partial charge in [0.2, 0.25) is 11.6 Å². The topological polar surface area (TPSA) is 87.4 Å². The summed E-state index contributed by atoms with van der Waals surface area (Å²) in [6.45, 7) is 2.04. The van der Waals surface area contributed by atoms with Crippen LogP contribution in [0.1, 0.15) is 17.5 Å². The number of carbonyl (C=O) groups is 1. The summed E-state index contributed by atoms with van der Waals surface area (Å²) >= 11 is 0. The van der Waals surface area contributed by atoms with Crippen molar-refractivity contribution in [3.05, 3.63) is 24.0 Å². The molecule has 0 fully saturated rings. The zero-order valence-electron chi connectivity index (χ0n) is 10.6. The minimum absolute atomic E-state index is 0.160. The molecular weight excluding hydrogens is 246 g/mol. The Balaban J connectivity index is 2.37. The second-order valence-corrected chi connectivity index (χ2v) is 4.19. The first kappa shape index (κ1) is 11.5. The number of hydrogen-bond donors (Lipinski definition) is 1. The Bertz CT molecular complexity index is 786. The van der Waals surface area contributed by atoms with Gasteiger partial charge in [-0.2, -0.15) is 0 Å². The van der Waals surface area contributed by atoms with Crippen LogP contribution in [0.25, 0.3) is 16.8 Å². The van der Waals surface area contributed by atoms with Gasteiger partial charge in [-0.25, -0.2) is 4.79 Å². The number of aryl methyl sites for hydroxylation is 1. The number of nitrogens with two attached hydrogens (primary N) is 1. The molecule has 0 radical (unpaired) electrons. The van der Waals surface area contributed by atoms with E-state index >= 15 is 0 Å². The highest BCUT2D eigenvalue weighted by Gasteiger charge is 2.20. The van der Waals surface area contributed by atoms with E-state index < -0.39 is 5.97 Å². The van der Waals surface area contributed by atoms with Gasteiger partial charge >= 0.3 is 5.97 Å². The maximum atomic E-state index is 11.9. The first-order valence-corrected chi connectivity index (χ1v) is 5.89. The zero-order chi connectivity index (χ0) is 13.6. The molecule has 0 bridgehead atoms. The van der Waals surface area contributed by atoms with Gasteiger partial charge in [-0.15, -0.1) is 10.2 Å². The molecule has 98 valence electrons. The van der Waals surface area contributed by atoms with Gasteiger partial charge in [0, 0.05) is 12.7 Å². The quantitative estimate of drug-likeness (QED) is 0.547. The Morgan fingerprint density at radius 2 is 2.16 bits per heavy atom. The third-order valence-corrected chi connectivity index (χ3v) is 3.01. The molecule has 0 saturated heterocycles. The molecule has 2 N–H and O–H groups in total. The van der Waals surface area contributed by atoms with Crippen molar-refractivity contribution in [3.8, 4) is 0 Å². The Labute approximate surface area is 108 Å². The number of ether oxygens (including phenoxy) is 1. The van der Waals surface area contributed by atoms with Crippen LogP contribution in [0.5, 0.6) is 0 Å². The summed E-state index contributed by atoms with van der Waals surface area (Å²) in [6.07, 6.45) is 0. The summed E-state index contributed by atoms with van der Waals surface area (Å²) in [5.74, 6) is 0.238. The van der Waals surface area contributed by atoms with Gasteiger partial charge in [-0.05, 0) is 25.1 Å². The van der Waals surface area contributed by atoms with E-state index in [-0.39, 0.29) is 5.82 Å². The zero-order valence-corrected chi connectivity index (χ0v) is 10.6. The molecule has 0 unspecified atom stereocenters. The molecule has 0 aliphatic carbocycles. The summed E-state index contributed by atoms with van der Waals surface area (Å²) in [4.78, 5) is 11.9. The number of rotatable bonds is 2.